The largest absolute Gasteiger partial charge is 0.493 e. The van der Waals surface area contributed by atoms with Crippen LogP contribution >= 0.6 is 0 Å². The van der Waals surface area contributed by atoms with Gasteiger partial charge < -0.3 is 33.9 Å². The van der Waals surface area contributed by atoms with E-state index in [1.807, 2.05) is 57.2 Å². The van der Waals surface area contributed by atoms with Crippen molar-refractivity contribution >= 4 is 11.7 Å². The van der Waals surface area contributed by atoms with Gasteiger partial charge in [-0.2, -0.15) is 0 Å². The first kappa shape index (κ1) is 26.7. The van der Waals surface area contributed by atoms with Crippen LogP contribution in [-0.2, 0) is 14.3 Å². The summed E-state index contributed by atoms with van der Waals surface area (Å²) in [6.45, 7) is 10.2. The number of likely N-dealkylation sites (tertiary alicyclic amines) is 1. The Kier molecular flexibility index (Phi) is 7.28. The Morgan fingerprint density at radius 1 is 1.18 bits per heavy atom. The molecule has 3 fully saturated rings. The van der Waals surface area contributed by atoms with E-state index >= 15 is 0 Å². The maximum atomic E-state index is 13.4. The number of methoxy groups -OCH3 is 1. The molecule has 5 rings (SSSR count). The summed E-state index contributed by atoms with van der Waals surface area (Å²) in [5.41, 5.74) is 0.461. The van der Waals surface area contributed by atoms with Gasteiger partial charge in [-0.05, 0) is 50.6 Å². The first-order valence-electron chi connectivity index (χ1n) is 13.4. The first-order chi connectivity index (χ1) is 18.1. The van der Waals surface area contributed by atoms with E-state index in [1.165, 1.54) is 0 Å². The van der Waals surface area contributed by atoms with E-state index in [-0.39, 0.29) is 24.5 Å². The highest BCUT2D eigenvalue weighted by molar-refractivity contribution is 5.82. The van der Waals surface area contributed by atoms with E-state index < -0.39 is 23.4 Å². The number of aliphatic hydroxyl groups excluding tert-OH is 1. The lowest BCUT2D eigenvalue weighted by Gasteiger charge is -2.34. The summed E-state index contributed by atoms with van der Waals surface area (Å²) in [6.07, 6.45) is 1.41. The summed E-state index contributed by atoms with van der Waals surface area (Å²) in [7, 11) is 1.64. The molecule has 3 aliphatic heterocycles. The second-order valence-electron chi connectivity index (χ2n) is 11.3. The number of carbonyl (C=O) groups is 1. The zero-order valence-electron chi connectivity index (χ0n) is 22.9. The molecular formula is C29H39N3O6. The summed E-state index contributed by atoms with van der Waals surface area (Å²) in [6, 6.07) is 11.9. The molecule has 2 aromatic rings. The topological polar surface area (TPSA) is 93.6 Å². The number of pyridine rings is 1. The van der Waals surface area contributed by atoms with Gasteiger partial charge in [0.1, 0.15) is 11.9 Å². The summed E-state index contributed by atoms with van der Waals surface area (Å²) in [5, 5.41) is 10.9. The van der Waals surface area contributed by atoms with Gasteiger partial charge in [0.15, 0.2) is 23.4 Å². The number of rotatable bonds is 7. The molecule has 9 nitrogen and oxygen atoms in total. The molecule has 38 heavy (non-hydrogen) atoms. The molecule has 1 aromatic heterocycles. The molecule has 206 valence electrons. The van der Waals surface area contributed by atoms with Gasteiger partial charge in [0.25, 0.3) is 5.91 Å². The number of hydrogen-bond donors (Lipinski definition) is 1. The second-order valence-corrected chi connectivity index (χ2v) is 11.3. The second kappa shape index (κ2) is 10.4. The number of ether oxygens (including phenoxy) is 4. The lowest BCUT2D eigenvalue weighted by atomic mass is 9.72. The minimum atomic E-state index is -0.776. The lowest BCUT2D eigenvalue weighted by Crippen LogP contribution is -2.42. The van der Waals surface area contributed by atoms with Gasteiger partial charge >= 0.3 is 0 Å². The van der Waals surface area contributed by atoms with Gasteiger partial charge in [-0.25, -0.2) is 4.98 Å². The number of aromatic nitrogens is 1. The van der Waals surface area contributed by atoms with Crippen molar-refractivity contribution < 1.29 is 28.8 Å². The number of nitrogens with zero attached hydrogens (tertiary/aromatic N) is 3. The normalized spacial score (nSPS) is 29.5. The molecule has 0 aliphatic carbocycles. The Labute approximate surface area is 224 Å². The molecule has 3 saturated heterocycles. The van der Waals surface area contributed by atoms with Gasteiger partial charge in [-0.1, -0.05) is 19.1 Å². The summed E-state index contributed by atoms with van der Waals surface area (Å²) < 4.78 is 23.6. The minimum Gasteiger partial charge on any atom is -0.493 e. The smallest absolute Gasteiger partial charge is 0.254 e. The average molecular weight is 526 g/mol. The average Bonchev–Trinajstić information content (AvgIpc) is 3.61. The quantitative estimate of drug-likeness (QED) is 0.589. The van der Waals surface area contributed by atoms with Crippen molar-refractivity contribution in [2.45, 2.75) is 64.1 Å². The first-order valence-corrected chi connectivity index (χ1v) is 13.4. The van der Waals surface area contributed by atoms with Crippen LogP contribution in [0.2, 0.25) is 0 Å². The molecule has 4 heterocycles. The van der Waals surface area contributed by atoms with Crippen molar-refractivity contribution in [2.75, 3.05) is 44.8 Å². The molecule has 1 unspecified atom stereocenters. The predicted molar refractivity (Wildman–Crippen MR) is 142 cm³/mol. The molecule has 3 aliphatic rings. The molecule has 0 spiro atoms. The predicted octanol–water partition coefficient (Wildman–Crippen LogP) is 3.21. The number of hydrogen-bond acceptors (Lipinski definition) is 8. The van der Waals surface area contributed by atoms with Crippen LogP contribution in [-0.4, -0.2) is 84.9 Å². The third-order valence-electron chi connectivity index (χ3n) is 8.28. The number of amides is 1. The molecule has 0 bridgehead atoms. The van der Waals surface area contributed by atoms with Crippen molar-refractivity contribution in [1.82, 2.24) is 9.88 Å². The fourth-order valence-corrected chi connectivity index (χ4v) is 5.86. The van der Waals surface area contributed by atoms with Gasteiger partial charge in [0, 0.05) is 43.6 Å². The Bertz CT molecular complexity index is 1140. The maximum absolute atomic E-state index is 13.4. The van der Waals surface area contributed by atoms with Crippen LogP contribution in [0.4, 0.5) is 5.82 Å². The number of anilines is 1. The van der Waals surface area contributed by atoms with Crippen LogP contribution < -0.4 is 14.4 Å². The number of aliphatic hydroxyl groups is 1. The standard InChI is InChI=1S/C29H39N3O6/c1-19(33)29(4)18-32(27(34)25-17-36-28(2,3)38-25)16-22(29)20-9-10-23(35-5)24(14-20)37-21-11-13-31(15-21)26-8-6-7-12-30-26/h6-10,12,14,19,21-22,25,33H,11,13,15-18H2,1-5H3/t19-,21?,22+,25+,29+/m1/s1. The van der Waals surface area contributed by atoms with Gasteiger partial charge in [0.05, 0.1) is 26.4 Å². The Balaban J connectivity index is 1.35. The molecule has 1 aromatic carbocycles. The van der Waals surface area contributed by atoms with E-state index in [4.69, 9.17) is 18.9 Å². The maximum Gasteiger partial charge on any atom is 0.254 e. The summed E-state index contributed by atoms with van der Waals surface area (Å²) >= 11 is 0. The Hall–Kier alpha value is -2.88. The molecule has 0 radical (unpaired) electrons. The number of benzene rings is 1. The highest BCUT2D eigenvalue weighted by atomic mass is 16.7. The highest BCUT2D eigenvalue weighted by Gasteiger charge is 2.50. The molecule has 5 atom stereocenters. The molecular weight excluding hydrogens is 486 g/mol. The van der Waals surface area contributed by atoms with Crippen LogP contribution in [0.3, 0.4) is 0 Å². The van der Waals surface area contributed by atoms with Gasteiger partial charge in [-0.3, -0.25) is 4.79 Å². The zero-order chi connectivity index (χ0) is 27.1. The van der Waals surface area contributed by atoms with Crippen LogP contribution in [0.1, 0.15) is 45.6 Å². The van der Waals surface area contributed by atoms with Crippen LogP contribution in [0.25, 0.3) is 0 Å². The van der Waals surface area contributed by atoms with Gasteiger partial charge in [0.2, 0.25) is 0 Å². The third-order valence-corrected chi connectivity index (χ3v) is 8.28. The minimum absolute atomic E-state index is 0.00571. The SMILES string of the molecule is COc1ccc([C@@H]2CN(C(=O)[C@@H]3COC(C)(C)O3)C[C@@]2(C)[C@@H](C)O)cc1OC1CCN(c2ccccn2)C1. The van der Waals surface area contributed by atoms with E-state index in [9.17, 15) is 9.90 Å². The highest BCUT2D eigenvalue weighted by Crippen LogP contribution is 2.47. The van der Waals surface area contributed by atoms with E-state index in [0.29, 0.717) is 24.6 Å². The molecule has 0 saturated carbocycles. The van der Waals surface area contributed by atoms with Crippen molar-refractivity contribution in [1.29, 1.82) is 0 Å². The van der Waals surface area contributed by atoms with E-state index in [1.54, 1.807) is 25.1 Å². The third kappa shape index (κ3) is 5.19. The van der Waals surface area contributed by atoms with E-state index in [0.717, 1.165) is 30.9 Å². The van der Waals surface area contributed by atoms with E-state index in [2.05, 4.69) is 9.88 Å². The number of carbonyl (C=O) groups excluding carboxylic acids is 1. The summed E-state index contributed by atoms with van der Waals surface area (Å²) in [4.78, 5) is 21.8. The monoisotopic (exact) mass is 525 g/mol. The van der Waals surface area contributed by atoms with Crippen LogP contribution in [0.15, 0.2) is 42.6 Å². The van der Waals surface area contributed by atoms with Gasteiger partial charge in [-0.15, -0.1) is 0 Å². The Morgan fingerprint density at radius 3 is 2.66 bits per heavy atom. The lowest BCUT2D eigenvalue weighted by molar-refractivity contribution is -0.159. The summed E-state index contributed by atoms with van der Waals surface area (Å²) in [5.74, 6) is 1.31. The fraction of sp³-hybridized carbons (Fsp3) is 0.586. The molecule has 1 amide bonds. The van der Waals surface area contributed by atoms with Crippen LogP contribution in [0.5, 0.6) is 11.5 Å². The zero-order valence-corrected chi connectivity index (χ0v) is 22.9. The van der Waals surface area contributed by atoms with Crippen molar-refractivity contribution in [2.24, 2.45) is 5.41 Å². The van der Waals surface area contributed by atoms with Crippen molar-refractivity contribution in [3.05, 3.63) is 48.2 Å². The fourth-order valence-electron chi connectivity index (χ4n) is 5.86. The van der Waals surface area contributed by atoms with Crippen molar-refractivity contribution in [3.8, 4) is 11.5 Å². The Morgan fingerprint density at radius 2 is 2.00 bits per heavy atom. The van der Waals surface area contributed by atoms with Crippen molar-refractivity contribution in [3.63, 3.8) is 0 Å². The molecule has 1 N–H and O–H groups in total. The molecule has 9 heteroatoms. The van der Waals surface area contributed by atoms with Crippen LogP contribution in [0, 0.1) is 5.41 Å².